The molecule has 1 aromatic rings. The maximum absolute atomic E-state index is 2.33. The van der Waals surface area contributed by atoms with Crippen LogP contribution < -0.4 is 0 Å². The molecule has 0 saturated heterocycles. The quantitative estimate of drug-likeness (QED) is 0.659. The van der Waals surface area contributed by atoms with Crippen LogP contribution in [-0.2, 0) is 6.42 Å². The van der Waals surface area contributed by atoms with Crippen molar-refractivity contribution < 1.29 is 0 Å². The lowest BCUT2D eigenvalue weighted by Crippen LogP contribution is -1.93. The van der Waals surface area contributed by atoms with Crippen molar-refractivity contribution in [3.05, 3.63) is 21.9 Å². The predicted octanol–water partition coefficient (Wildman–Crippen LogP) is 4.04. The largest absolute Gasteiger partial charge is 0.149 e. The van der Waals surface area contributed by atoms with E-state index in [4.69, 9.17) is 0 Å². The smallest absolute Gasteiger partial charge is 0.00170 e. The molecular weight excluding hydrogens is 164 g/mol. The lowest BCUT2D eigenvalue weighted by atomic mass is 10.0. The highest BCUT2D eigenvalue weighted by molar-refractivity contribution is 7.10. The van der Waals surface area contributed by atoms with E-state index >= 15 is 0 Å². The zero-order chi connectivity index (χ0) is 8.97. The summed E-state index contributed by atoms with van der Waals surface area (Å²) in [6, 6.07) is 2.31. The molecule has 0 aromatic carbocycles. The highest BCUT2D eigenvalue weighted by Gasteiger charge is 2.00. The van der Waals surface area contributed by atoms with Gasteiger partial charge in [-0.2, -0.15) is 0 Å². The van der Waals surface area contributed by atoms with Crippen molar-refractivity contribution in [1.29, 1.82) is 0 Å². The SMILES string of the molecule is CCC(C)CCc1csc(C)c1. The van der Waals surface area contributed by atoms with E-state index in [1.165, 1.54) is 29.7 Å². The van der Waals surface area contributed by atoms with Crippen molar-refractivity contribution in [2.75, 3.05) is 0 Å². The van der Waals surface area contributed by atoms with Crippen molar-refractivity contribution in [1.82, 2.24) is 0 Å². The first kappa shape index (κ1) is 9.79. The van der Waals surface area contributed by atoms with E-state index in [9.17, 15) is 0 Å². The molecule has 0 aliphatic rings. The fourth-order valence-corrected chi connectivity index (χ4v) is 1.99. The van der Waals surface area contributed by atoms with E-state index in [0.29, 0.717) is 0 Å². The zero-order valence-corrected chi connectivity index (χ0v) is 9.08. The summed E-state index contributed by atoms with van der Waals surface area (Å²) in [4.78, 5) is 1.44. The average Bonchev–Trinajstić information content (AvgIpc) is 2.47. The number of hydrogen-bond acceptors (Lipinski definition) is 1. The first-order valence-corrected chi connectivity index (χ1v) is 5.64. The van der Waals surface area contributed by atoms with Crippen LogP contribution >= 0.6 is 11.3 Å². The summed E-state index contributed by atoms with van der Waals surface area (Å²) in [6.07, 6.45) is 3.91. The predicted molar refractivity (Wildman–Crippen MR) is 56.8 cm³/mol. The molecule has 0 N–H and O–H groups in total. The van der Waals surface area contributed by atoms with Crippen LogP contribution in [0.4, 0.5) is 0 Å². The van der Waals surface area contributed by atoms with Crippen LogP contribution in [0.3, 0.4) is 0 Å². The van der Waals surface area contributed by atoms with Crippen molar-refractivity contribution in [3.63, 3.8) is 0 Å². The molecule has 0 aliphatic heterocycles. The van der Waals surface area contributed by atoms with Crippen LogP contribution in [0.1, 0.15) is 37.1 Å². The second-order valence-corrected chi connectivity index (χ2v) is 4.73. The van der Waals surface area contributed by atoms with E-state index in [0.717, 1.165) is 5.92 Å². The van der Waals surface area contributed by atoms with Crippen molar-refractivity contribution >= 4 is 11.3 Å². The number of rotatable bonds is 4. The molecule has 1 rings (SSSR count). The normalized spacial score (nSPS) is 13.2. The Morgan fingerprint density at radius 1 is 1.50 bits per heavy atom. The van der Waals surface area contributed by atoms with Crippen LogP contribution in [0.2, 0.25) is 0 Å². The molecule has 0 bridgehead atoms. The van der Waals surface area contributed by atoms with Gasteiger partial charge in [-0.3, -0.25) is 0 Å². The first-order chi connectivity index (χ1) is 5.72. The summed E-state index contributed by atoms with van der Waals surface area (Å²) < 4.78 is 0. The summed E-state index contributed by atoms with van der Waals surface area (Å²) in [5.41, 5.74) is 1.53. The minimum atomic E-state index is 0.880. The Hall–Kier alpha value is -0.300. The van der Waals surface area contributed by atoms with Crippen LogP contribution in [0.5, 0.6) is 0 Å². The van der Waals surface area contributed by atoms with Crippen LogP contribution in [-0.4, -0.2) is 0 Å². The molecule has 1 unspecified atom stereocenters. The number of hydrogen-bond donors (Lipinski definition) is 0. The molecule has 0 spiro atoms. The molecule has 0 saturated carbocycles. The van der Waals surface area contributed by atoms with Gasteiger partial charge in [-0.05, 0) is 42.7 Å². The van der Waals surface area contributed by atoms with E-state index in [1.807, 2.05) is 11.3 Å². The topological polar surface area (TPSA) is 0 Å². The molecule has 1 aromatic heterocycles. The van der Waals surface area contributed by atoms with Gasteiger partial charge in [0.05, 0.1) is 0 Å². The third kappa shape index (κ3) is 2.98. The fourth-order valence-electron chi connectivity index (χ4n) is 1.25. The second-order valence-electron chi connectivity index (χ2n) is 3.62. The van der Waals surface area contributed by atoms with Gasteiger partial charge in [0, 0.05) is 4.88 Å². The van der Waals surface area contributed by atoms with Crippen molar-refractivity contribution in [2.24, 2.45) is 5.92 Å². The van der Waals surface area contributed by atoms with Gasteiger partial charge >= 0.3 is 0 Å². The molecule has 0 aliphatic carbocycles. The molecule has 1 atom stereocenters. The Kier molecular flexibility index (Phi) is 3.80. The molecule has 0 radical (unpaired) electrons. The summed E-state index contributed by atoms with van der Waals surface area (Å²) in [5, 5.41) is 2.29. The van der Waals surface area contributed by atoms with Gasteiger partial charge in [0.1, 0.15) is 0 Å². The summed E-state index contributed by atoms with van der Waals surface area (Å²) in [5.74, 6) is 0.880. The zero-order valence-electron chi connectivity index (χ0n) is 8.26. The minimum absolute atomic E-state index is 0.880. The summed E-state index contributed by atoms with van der Waals surface area (Å²) in [7, 11) is 0. The van der Waals surface area contributed by atoms with Crippen LogP contribution in [0, 0.1) is 12.8 Å². The molecule has 0 fully saturated rings. The van der Waals surface area contributed by atoms with Crippen LogP contribution in [0.25, 0.3) is 0 Å². The third-order valence-corrected chi connectivity index (χ3v) is 3.32. The minimum Gasteiger partial charge on any atom is -0.149 e. The molecule has 1 heterocycles. The van der Waals surface area contributed by atoms with Crippen LogP contribution in [0.15, 0.2) is 11.4 Å². The van der Waals surface area contributed by atoms with E-state index in [1.54, 1.807) is 0 Å². The average molecular weight is 182 g/mol. The maximum Gasteiger partial charge on any atom is 0.00170 e. The molecule has 0 nitrogen and oxygen atoms in total. The Morgan fingerprint density at radius 2 is 2.25 bits per heavy atom. The number of aryl methyl sites for hydroxylation is 2. The molecular formula is C11H18S. The van der Waals surface area contributed by atoms with Gasteiger partial charge in [0.2, 0.25) is 0 Å². The highest BCUT2D eigenvalue weighted by Crippen LogP contribution is 2.17. The first-order valence-electron chi connectivity index (χ1n) is 4.76. The summed E-state index contributed by atoms with van der Waals surface area (Å²) in [6.45, 7) is 6.78. The lowest BCUT2D eigenvalue weighted by Gasteiger charge is -2.05. The third-order valence-electron chi connectivity index (χ3n) is 2.41. The Balaban J connectivity index is 2.33. The van der Waals surface area contributed by atoms with Gasteiger partial charge in [-0.15, -0.1) is 11.3 Å². The van der Waals surface area contributed by atoms with Gasteiger partial charge in [-0.25, -0.2) is 0 Å². The molecule has 12 heavy (non-hydrogen) atoms. The summed E-state index contributed by atoms with van der Waals surface area (Å²) >= 11 is 1.86. The van der Waals surface area contributed by atoms with Crippen molar-refractivity contribution in [3.8, 4) is 0 Å². The highest BCUT2D eigenvalue weighted by atomic mass is 32.1. The Bertz CT molecular complexity index is 225. The van der Waals surface area contributed by atoms with Gasteiger partial charge in [0.15, 0.2) is 0 Å². The second kappa shape index (κ2) is 4.66. The Labute approximate surface area is 79.6 Å². The monoisotopic (exact) mass is 182 g/mol. The van der Waals surface area contributed by atoms with Gasteiger partial charge in [-0.1, -0.05) is 20.3 Å². The van der Waals surface area contributed by atoms with Gasteiger partial charge < -0.3 is 0 Å². The van der Waals surface area contributed by atoms with E-state index in [2.05, 4.69) is 32.2 Å². The Morgan fingerprint density at radius 3 is 2.75 bits per heavy atom. The molecule has 1 heteroatoms. The molecule has 0 amide bonds. The standard InChI is InChI=1S/C11H18S/c1-4-9(2)5-6-11-7-10(3)12-8-11/h7-9H,4-6H2,1-3H3. The van der Waals surface area contributed by atoms with Crippen molar-refractivity contribution in [2.45, 2.75) is 40.0 Å². The lowest BCUT2D eigenvalue weighted by molar-refractivity contribution is 0.517. The van der Waals surface area contributed by atoms with Gasteiger partial charge in [0.25, 0.3) is 0 Å². The van der Waals surface area contributed by atoms with E-state index < -0.39 is 0 Å². The van der Waals surface area contributed by atoms with E-state index in [-0.39, 0.29) is 0 Å². The maximum atomic E-state index is 2.33. The fraction of sp³-hybridized carbons (Fsp3) is 0.636. The molecule has 68 valence electrons. The number of thiophene rings is 1.